The van der Waals surface area contributed by atoms with Gasteiger partial charge in [0.25, 0.3) is 0 Å². The van der Waals surface area contributed by atoms with Gasteiger partial charge in [0.2, 0.25) is 5.91 Å². The van der Waals surface area contributed by atoms with Crippen LogP contribution in [0.3, 0.4) is 0 Å². The fourth-order valence-corrected chi connectivity index (χ4v) is 3.13. The van der Waals surface area contributed by atoms with Gasteiger partial charge in [-0.15, -0.1) is 0 Å². The Morgan fingerprint density at radius 3 is 2.67 bits per heavy atom. The number of carbonyl (C=O) groups excluding carboxylic acids is 2. The first-order valence-electron chi connectivity index (χ1n) is 6.16. The van der Waals surface area contributed by atoms with Gasteiger partial charge >= 0.3 is 0 Å². The number of rotatable bonds is 3. The van der Waals surface area contributed by atoms with Gasteiger partial charge in [-0.2, -0.15) is 11.8 Å². The summed E-state index contributed by atoms with van der Waals surface area (Å²) in [6.07, 6.45) is 1.89. The molecule has 96 valence electrons. The summed E-state index contributed by atoms with van der Waals surface area (Å²) in [7, 11) is 0. The first-order chi connectivity index (χ1) is 8.66. The van der Waals surface area contributed by atoms with Crippen molar-refractivity contribution in [2.45, 2.75) is 19.8 Å². The molecule has 1 N–H and O–H groups in total. The molecule has 4 heteroatoms. The van der Waals surface area contributed by atoms with Crippen LogP contribution < -0.4 is 5.32 Å². The molecule has 0 spiro atoms. The Morgan fingerprint density at radius 2 is 2.00 bits per heavy atom. The van der Waals surface area contributed by atoms with Gasteiger partial charge in [-0.3, -0.25) is 9.59 Å². The van der Waals surface area contributed by atoms with E-state index < -0.39 is 0 Å². The predicted octanol–water partition coefficient (Wildman–Crippen LogP) is 2.97. The first kappa shape index (κ1) is 13.1. The van der Waals surface area contributed by atoms with Gasteiger partial charge in [0.15, 0.2) is 5.78 Å². The summed E-state index contributed by atoms with van der Waals surface area (Å²) >= 11 is 1.90. The lowest BCUT2D eigenvalue weighted by molar-refractivity contribution is -0.120. The quantitative estimate of drug-likeness (QED) is 0.853. The third-order valence-corrected chi connectivity index (χ3v) is 4.18. The normalized spacial score (nSPS) is 16.3. The van der Waals surface area contributed by atoms with Gasteiger partial charge in [-0.25, -0.2) is 0 Å². The van der Waals surface area contributed by atoms with Crippen molar-refractivity contribution in [1.29, 1.82) is 0 Å². The number of carbonyl (C=O) groups is 2. The molecule has 3 nitrogen and oxygen atoms in total. The number of nitrogens with one attached hydrogen (secondary N) is 1. The Hall–Kier alpha value is -1.29. The van der Waals surface area contributed by atoms with Gasteiger partial charge in [0.05, 0.1) is 0 Å². The van der Waals surface area contributed by atoms with Gasteiger partial charge in [-0.1, -0.05) is 12.1 Å². The Kier molecular flexibility index (Phi) is 4.42. The lowest BCUT2D eigenvalue weighted by atomic mass is 10.0. The molecule has 2 rings (SSSR count). The second-order valence-electron chi connectivity index (χ2n) is 4.51. The van der Waals surface area contributed by atoms with E-state index in [1.807, 2.05) is 17.8 Å². The van der Waals surface area contributed by atoms with Crippen molar-refractivity contribution < 1.29 is 9.59 Å². The Balaban J connectivity index is 2.02. The van der Waals surface area contributed by atoms with E-state index in [1.165, 1.54) is 6.92 Å². The third kappa shape index (κ3) is 3.35. The predicted molar refractivity (Wildman–Crippen MR) is 75.1 cm³/mol. The second-order valence-corrected chi connectivity index (χ2v) is 5.74. The highest BCUT2D eigenvalue weighted by molar-refractivity contribution is 7.99. The number of benzene rings is 1. The molecule has 0 unspecified atom stereocenters. The zero-order valence-corrected chi connectivity index (χ0v) is 11.3. The van der Waals surface area contributed by atoms with Crippen molar-refractivity contribution in [2.24, 2.45) is 5.92 Å². The van der Waals surface area contributed by atoms with Crippen molar-refractivity contribution in [1.82, 2.24) is 0 Å². The van der Waals surface area contributed by atoms with Crippen LogP contribution in [0.5, 0.6) is 0 Å². The summed E-state index contributed by atoms with van der Waals surface area (Å²) < 4.78 is 0. The molecule has 0 aliphatic carbocycles. The molecular weight excluding hydrogens is 246 g/mol. The second kappa shape index (κ2) is 6.05. The van der Waals surface area contributed by atoms with Crippen LogP contribution in [-0.4, -0.2) is 23.2 Å². The van der Waals surface area contributed by atoms with Crippen molar-refractivity contribution in [2.75, 3.05) is 16.8 Å². The van der Waals surface area contributed by atoms with Crippen LogP contribution in [-0.2, 0) is 4.79 Å². The van der Waals surface area contributed by atoms with Crippen LogP contribution in [0.1, 0.15) is 30.1 Å². The van der Waals surface area contributed by atoms with E-state index in [4.69, 9.17) is 0 Å². The Labute approximate surface area is 111 Å². The van der Waals surface area contributed by atoms with Crippen LogP contribution in [0.15, 0.2) is 24.3 Å². The summed E-state index contributed by atoms with van der Waals surface area (Å²) in [5.41, 5.74) is 1.35. The molecule has 1 aromatic rings. The van der Waals surface area contributed by atoms with Crippen LogP contribution >= 0.6 is 11.8 Å². The minimum atomic E-state index is 0.0140. The minimum Gasteiger partial charge on any atom is -0.326 e. The fourth-order valence-electron chi connectivity index (χ4n) is 2.02. The average Bonchev–Trinajstić information content (AvgIpc) is 2.40. The summed E-state index contributed by atoms with van der Waals surface area (Å²) in [6.45, 7) is 1.53. The zero-order chi connectivity index (χ0) is 13.0. The summed E-state index contributed by atoms with van der Waals surface area (Å²) in [5.74, 6) is 2.33. The first-order valence-corrected chi connectivity index (χ1v) is 7.32. The molecule has 1 heterocycles. The maximum Gasteiger partial charge on any atom is 0.227 e. The van der Waals surface area contributed by atoms with Crippen LogP contribution in [0.2, 0.25) is 0 Å². The highest BCUT2D eigenvalue weighted by Crippen LogP contribution is 2.24. The van der Waals surface area contributed by atoms with Gasteiger partial charge in [0, 0.05) is 17.2 Å². The van der Waals surface area contributed by atoms with E-state index in [2.05, 4.69) is 5.32 Å². The van der Waals surface area contributed by atoms with Gasteiger partial charge < -0.3 is 5.32 Å². The molecule has 1 saturated heterocycles. The molecule has 1 aromatic carbocycles. The lowest BCUT2D eigenvalue weighted by Gasteiger charge is -2.20. The molecule has 1 fully saturated rings. The number of hydrogen-bond acceptors (Lipinski definition) is 3. The van der Waals surface area contributed by atoms with E-state index >= 15 is 0 Å². The van der Waals surface area contributed by atoms with Gasteiger partial charge in [-0.05, 0) is 43.4 Å². The maximum absolute atomic E-state index is 12.0. The standard InChI is InChI=1S/C14H17NO2S/c1-10(16)12-3-2-4-13(9-12)15-14(17)11-5-7-18-8-6-11/h2-4,9,11H,5-8H2,1H3,(H,15,17). The van der Waals surface area contributed by atoms with Gasteiger partial charge in [0.1, 0.15) is 0 Å². The van der Waals surface area contributed by atoms with Crippen LogP contribution in [0, 0.1) is 5.92 Å². The van der Waals surface area contributed by atoms with Crippen LogP contribution in [0.25, 0.3) is 0 Å². The van der Waals surface area contributed by atoms with E-state index in [0.29, 0.717) is 11.3 Å². The number of amides is 1. The monoisotopic (exact) mass is 263 g/mol. The zero-order valence-electron chi connectivity index (χ0n) is 10.4. The van der Waals surface area contributed by atoms with Crippen LogP contribution in [0.4, 0.5) is 5.69 Å². The average molecular weight is 263 g/mol. The van der Waals surface area contributed by atoms with Crippen molar-refractivity contribution >= 4 is 29.1 Å². The number of hydrogen-bond donors (Lipinski definition) is 1. The molecule has 0 atom stereocenters. The van der Waals surface area contributed by atoms with E-state index in [9.17, 15) is 9.59 Å². The van der Waals surface area contributed by atoms with Crippen molar-refractivity contribution in [3.05, 3.63) is 29.8 Å². The third-order valence-electron chi connectivity index (χ3n) is 3.13. The smallest absolute Gasteiger partial charge is 0.227 e. The fraction of sp³-hybridized carbons (Fsp3) is 0.429. The molecule has 0 radical (unpaired) electrons. The summed E-state index contributed by atoms with van der Waals surface area (Å²) in [5, 5.41) is 2.91. The summed E-state index contributed by atoms with van der Waals surface area (Å²) in [6, 6.07) is 7.11. The molecule has 1 aliphatic rings. The van der Waals surface area contributed by atoms with E-state index in [1.54, 1.807) is 18.2 Å². The molecule has 18 heavy (non-hydrogen) atoms. The molecule has 0 aromatic heterocycles. The van der Waals surface area contributed by atoms with E-state index in [-0.39, 0.29) is 17.6 Å². The Morgan fingerprint density at radius 1 is 1.28 bits per heavy atom. The lowest BCUT2D eigenvalue weighted by Crippen LogP contribution is -2.26. The highest BCUT2D eigenvalue weighted by Gasteiger charge is 2.21. The minimum absolute atomic E-state index is 0.0140. The molecular formula is C14H17NO2S. The molecule has 0 saturated carbocycles. The SMILES string of the molecule is CC(=O)c1cccc(NC(=O)C2CCSCC2)c1. The highest BCUT2D eigenvalue weighted by atomic mass is 32.2. The topological polar surface area (TPSA) is 46.2 Å². The summed E-state index contributed by atoms with van der Waals surface area (Å²) in [4.78, 5) is 23.3. The van der Waals surface area contributed by atoms with E-state index in [0.717, 1.165) is 24.3 Å². The molecule has 1 aliphatic heterocycles. The number of ketones is 1. The Bertz CT molecular complexity index is 453. The molecule has 1 amide bonds. The largest absolute Gasteiger partial charge is 0.326 e. The molecule has 0 bridgehead atoms. The number of anilines is 1. The maximum atomic E-state index is 12.0. The van der Waals surface area contributed by atoms with Crippen molar-refractivity contribution in [3.8, 4) is 0 Å². The number of thioether (sulfide) groups is 1. The number of Topliss-reactive ketones (excluding diaryl/α,β-unsaturated/α-hetero) is 1. The van der Waals surface area contributed by atoms with Crippen molar-refractivity contribution in [3.63, 3.8) is 0 Å².